The predicted octanol–water partition coefficient (Wildman–Crippen LogP) is -0.676. The van der Waals surface area contributed by atoms with E-state index in [-0.39, 0.29) is 0 Å². The molecule has 0 amide bonds. The number of isocyanates is 2. The van der Waals surface area contributed by atoms with Crippen molar-refractivity contribution >= 4 is 12.2 Å². The Balaban J connectivity index is 4.36. The average Bonchev–Trinajstić information content (AvgIpc) is 1.64. The Morgan fingerprint density at radius 1 is 1.33 bits per heavy atom. The van der Waals surface area contributed by atoms with Crippen LogP contribution in [0.3, 0.4) is 0 Å². The number of nitrogens with zero attached hydrogens (tertiary/aromatic N) is 2. The molecule has 5 nitrogen and oxygen atoms in total. The van der Waals surface area contributed by atoms with Crippen molar-refractivity contribution in [3.8, 4) is 0 Å². The fourth-order valence-electron chi connectivity index (χ4n) is 0.198. The minimum Gasteiger partial charge on any atom is -0.350 e. The molecule has 1 N–H and O–H groups in total. The second-order valence-electron chi connectivity index (χ2n) is 1.38. The number of hydrogen-bond donors (Lipinski definition) is 1. The Labute approximate surface area is 50.7 Å². The normalized spacial score (nSPS) is 14.4. The van der Waals surface area contributed by atoms with Crippen LogP contribution in [-0.4, -0.2) is 23.1 Å². The molecule has 0 rings (SSSR count). The van der Waals surface area contributed by atoms with E-state index in [1.165, 1.54) is 0 Å². The fraction of sp³-hybridized carbons (Fsp3) is 0.500. The smallest absolute Gasteiger partial charge is 0.273 e. The van der Waals surface area contributed by atoms with Gasteiger partial charge in [-0.05, 0) is 0 Å². The maximum absolute atomic E-state index is 9.45. The van der Waals surface area contributed by atoms with Gasteiger partial charge in [-0.25, -0.2) is 9.59 Å². The molecule has 0 unspecified atom stereocenters. The molecule has 0 heterocycles. The van der Waals surface area contributed by atoms with Gasteiger partial charge in [-0.2, -0.15) is 0 Å². The molecule has 0 spiro atoms. The van der Waals surface area contributed by atoms with Gasteiger partial charge in [-0.15, -0.1) is 9.98 Å². The molecule has 0 atom stereocenters. The first-order chi connectivity index (χ1) is 4.12. The molecular formula is C4H4N2O3. The Bertz CT molecular complexity index is 166. The number of rotatable bonds is 2. The molecule has 0 saturated carbocycles. The molecule has 0 aromatic rings. The molecule has 0 aromatic carbocycles. The van der Waals surface area contributed by atoms with Crippen molar-refractivity contribution in [2.75, 3.05) is 0 Å². The summed E-state index contributed by atoms with van der Waals surface area (Å²) in [6, 6.07) is 0. The van der Waals surface area contributed by atoms with Gasteiger partial charge in [0.2, 0.25) is 12.2 Å². The Morgan fingerprint density at radius 2 is 1.67 bits per heavy atom. The van der Waals surface area contributed by atoms with E-state index in [0.29, 0.717) is 0 Å². The number of aliphatic hydroxyl groups is 1. The quantitative estimate of drug-likeness (QED) is 0.395. The minimum atomic E-state index is -2.00. The molecule has 9 heavy (non-hydrogen) atoms. The van der Waals surface area contributed by atoms with E-state index in [1.54, 1.807) is 0 Å². The summed E-state index contributed by atoms with van der Waals surface area (Å²) in [5, 5.41) is 8.66. The lowest BCUT2D eigenvalue weighted by atomic mass is 10.5. The maximum atomic E-state index is 9.45. The summed E-state index contributed by atoms with van der Waals surface area (Å²) in [5.41, 5.74) is 0. The van der Waals surface area contributed by atoms with Crippen LogP contribution in [0.4, 0.5) is 0 Å². The third-order valence-corrected chi connectivity index (χ3v) is 0.515. The van der Waals surface area contributed by atoms with Crippen LogP contribution in [0.25, 0.3) is 0 Å². The van der Waals surface area contributed by atoms with E-state index in [4.69, 9.17) is 5.11 Å². The molecular weight excluding hydrogens is 124 g/mol. The molecule has 0 aromatic heterocycles. The summed E-state index contributed by atoms with van der Waals surface area (Å²) >= 11 is 0. The molecule has 0 bridgehead atoms. The standard InChI is InChI=1S/C4H4N2O3/c1-4(9,5-2-7)6-3-8/h9H,1H3. The summed E-state index contributed by atoms with van der Waals surface area (Å²) in [6.07, 6.45) is 2.09. The fourth-order valence-corrected chi connectivity index (χ4v) is 0.198. The second kappa shape index (κ2) is 2.89. The van der Waals surface area contributed by atoms with Crippen molar-refractivity contribution < 1.29 is 14.7 Å². The van der Waals surface area contributed by atoms with Crippen molar-refractivity contribution in [2.24, 2.45) is 9.98 Å². The highest BCUT2D eigenvalue weighted by Crippen LogP contribution is 2.02. The van der Waals surface area contributed by atoms with Crippen molar-refractivity contribution in [1.29, 1.82) is 0 Å². The zero-order valence-electron chi connectivity index (χ0n) is 4.66. The highest BCUT2D eigenvalue weighted by Gasteiger charge is 2.15. The number of carbonyl (C=O) groups excluding carboxylic acids is 2. The summed E-state index contributed by atoms with van der Waals surface area (Å²) < 4.78 is 0. The van der Waals surface area contributed by atoms with Gasteiger partial charge in [-0.3, -0.25) is 0 Å². The van der Waals surface area contributed by atoms with Crippen molar-refractivity contribution in [3.63, 3.8) is 0 Å². The van der Waals surface area contributed by atoms with Gasteiger partial charge >= 0.3 is 0 Å². The molecule has 0 aliphatic carbocycles. The van der Waals surface area contributed by atoms with Crippen LogP contribution < -0.4 is 0 Å². The lowest BCUT2D eigenvalue weighted by Gasteiger charge is -2.03. The van der Waals surface area contributed by atoms with Crippen molar-refractivity contribution in [1.82, 2.24) is 0 Å². The van der Waals surface area contributed by atoms with Crippen LogP contribution in [0.1, 0.15) is 6.92 Å². The first kappa shape index (κ1) is 7.72. The highest BCUT2D eigenvalue weighted by molar-refractivity contribution is 5.37. The topological polar surface area (TPSA) is 79.1 Å². The molecule has 0 aliphatic heterocycles. The van der Waals surface area contributed by atoms with Gasteiger partial charge in [0, 0.05) is 6.92 Å². The molecule has 48 valence electrons. The molecule has 0 aliphatic rings. The van der Waals surface area contributed by atoms with Crippen molar-refractivity contribution in [3.05, 3.63) is 0 Å². The van der Waals surface area contributed by atoms with Crippen molar-refractivity contribution in [2.45, 2.75) is 12.8 Å². The third kappa shape index (κ3) is 3.32. The summed E-state index contributed by atoms with van der Waals surface area (Å²) in [6.45, 7) is 1.06. The molecule has 0 radical (unpaired) electrons. The average molecular weight is 128 g/mol. The third-order valence-electron chi connectivity index (χ3n) is 0.515. The maximum Gasteiger partial charge on any atom is 0.273 e. The first-order valence-electron chi connectivity index (χ1n) is 2.03. The number of hydrogen-bond acceptors (Lipinski definition) is 5. The van der Waals surface area contributed by atoms with Crippen LogP contribution in [0.15, 0.2) is 9.98 Å². The van der Waals surface area contributed by atoms with Crippen LogP contribution in [0, 0.1) is 0 Å². The van der Waals surface area contributed by atoms with E-state index in [1.807, 2.05) is 0 Å². The largest absolute Gasteiger partial charge is 0.350 e. The SMILES string of the molecule is CC(O)(N=C=O)N=C=O. The van der Waals surface area contributed by atoms with Gasteiger partial charge in [0.1, 0.15) is 0 Å². The van der Waals surface area contributed by atoms with E-state index in [0.717, 1.165) is 19.1 Å². The first-order valence-corrected chi connectivity index (χ1v) is 2.03. The molecule has 0 fully saturated rings. The van der Waals surface area contributed by atoms with E-state index >= 15 is 0 Å². The minimum absolute atomic E-state index is 1.05. The van der Waals surface area contributed by atoms with Gasteiger partial charge in [0.05, 0.1) is 0 Å². The Kier molecular flexibility index (Phi) is 2.48. The van der Waals surface area contributed by atoms with E-state index < -0.39 is 5.85 Å². The monoisotopic (exact) mass is 128 g/mol. The summed E-state index contributed by atoms with van der Waals surface area (Å²) in [4.78, 5) is 24.4. The molecule has 0 saturated heterocycles. The van der Waals surface area contributed by atoms with Gasteiger partial charge < -0.3 is 5.11 Å². The van der Waals surface area contributed by atoms with Crippen LogP contribution in [-0.2, 0) is 9.59 Å². The van der Waals surface area contributed by atoms with Gasteiger partial charge in [0.25, 0.3) is 5.85 Å². The van der Waals surface area contributed by atoms with E-state index in [9.17, 15) is 9.59 Å². The zero-order chi connectivity index (χ0) is 7.33. The number of aliphatic imine (C=N–C) groups is 2. The lowest BCUT2D eigenvalue weighted by Crippen LogP contribution is -2.16. The predicted molar refractivity (Wildman–Crippen MR) is 26.9 cm³/mol. The molecule has 5 heteroatoms. The zero-order valence-corrected chi connectivity index (χ0v) is 4.66. The highest BCUT2D eigenvalue weighted by atomic mass is 16.3. The summed E-state index contributed by atoms with van der Waals surface area (Å²) in [5.74, 6) is -2.00. The second-order valence-corrected chi connectivity index (χ2v) is 1.38. The van der Waals surface area contributed by atoms with E-state index in [2.05, 4.69) is 9.98 Å². The lowest BCUT2D eigenvalue weighted by molar-refractivity contribution is 0.0801. The van der Waals surface area contributed by atoms with Crippen LogP contribution in [0.2, 0.25) is 0 Å². The Hall–Kier alpha value is -1.28. The Morgan fingerprint density at radius 3 is 1.89 bits per heavy atom. The van der Waals surface area contributed by atoms with Gasteiger partial charge in [-0.1, -0.05) is 0 Å². The summed E-state index contributed by atoms with van der Waals surface area (Å²) in [7, 11) is 0. The van der Waals surface area contributed by atoms with Gasteiger partial charge in [0.15, 0.2) is 0 Å². The van der Waals surface area contributed by atoms with Crippen LogP contribution in [0.5, 0.6) is 0 Å². The van der Waals surface area contributed by atoms with Crippen LogP contribution >= 0.6 is 0 Å².